The lowest BCUT2D eigenvalue weighted by molar-refractivity contribution is 0.0147. The summed E-state index contributed by atoms with van der Waals surface area (Å²) in [5, 5.41) is 12.2. The van der Waals surface area contributed by atoms with Gasteiger partial charge in [-0.3, -0.25) is 0 Å². The average Bonchev–Trinajstić information content (AvgIpc) is 2.43. The zero-order valence-electron chi connectivity index (χ0n) is 15.3. The second kappa shape index (κ2) is 9.92. The number of aliphatic hydroxyl groups excluding tert-OH is 1. The Morgan fingerprint density at radius 3 is 2.16 bits per heavy atom. The van der Waals surface area contributed by atoms with E-state index in [4.69, 9.17) is 25.6 Å². The molecule has 0 aliphatic heterocycles. The first-order valence-corrected chi connectivity index (χ1v) is 10.5. The minimum absolute atomic E-state index is 0.0406. The SMILES string of the molecule is C=C[C@H](O)[C@@H](CC(F)(F)P(=S)(OCC)OCC)NC(=O)OC(C)(C)C. The van der Waals surface area contributed by atoms with Gasteiger partial charge in [0.1, 0.15) is 5.60 Å². The Morgan fingerprint density at radius 1 is 1.32 bits per heavy atom. The summed E-state index contributed by atoms with van der Waals surface area (Å²) in [5.74, 6) is 0. The lowest BCUT2D eigenvalue weighted by Gasteiger charge is -2.33. The van der Waals surface area contributed by atoms with E-state index in [0.29, 0.717) is 0 Å². The maximum atomic E-state index is 14.7. The van der Waals surface area contributed by atoms with Gasteiger partial charge < -0.3 is 24.2 Å². The molecule has 25 heavy (non-hydrogen) atoms. The van der Waals surface area contributed by atoms with E-state index in [1.54, 1.807) is 20.8 Å². The van der Waals surface area contributed by atoms with Crippen molar-refractivity contribution in [2.75, 3.05) is 13.2 Å². The van der Waals surface area contributed by atoms with Crippen molar-refractivity contribution in [1.82, 2.24) is 5.32 Å². The molecule has 0 saturated carbocycles. The number of ether oxygens (including phenoxy) is 1. The maximum absolute atomic E-state index is 14.7. The summed E-state index contributed by atoms with van der Waals surface area (Å²) in [6.45, 7) is 7.29. The lowest BCUT2D eigenvalue weighted by atomic mass is 10.1. The number of hydrogen-bond acceptors (Lipinski definition) is 6. The standard InChI is InChI=1S/C15H28F2NO5PS/c1-7-12(19)11(18-13(20)23-14(4,5)6)10-15(16,17)24(25,21-8-2)22-9-3/h7,11-12,19H,1,8-10H2,2-6H3,(H,18,20)/t11-,12+/m1/s1. The molecule has 0 saturated heterocycles. The van der Waals surface area contributed by atoms with Gasteiger partial charge in [-0.1, -0.05) is 6.08 Å². The highest BCUT2D eigenvalue weighted by Gasteiger charge is 2.51. The van der Waals surface area contributed by atoms with Gasteiger partial charge >= 0.3 is 11.8 Å². The highest BCUT2D eigenvalue weighted by Crippen LogP contribution is 2.64. The van der Waals surface area contributed by atoms with Crippen LogP contribution < -0.4 is 5.32 Å². The van der Waals surface area contributed by atoms with Crippen molar-refractivity contribution in [1.29, 1.82) is 0 Å². The number of nitrogens with one attached hydrogen (secondary N) is 1. The van der Waals surface area contributed by atoms with E-state index in [1.807, 2.05) is 0 Å². The fourth-order valence-electron chi connectivity index (χ4n) is 1.82. The van der Waals surface area contributed by atoms with E-state index in [1.165, 1.54) is 13.8 Å². The van der Waals surface area contributed by atoms with Gasteiger partial charge in [0, 0.05) is 6.42 Å². The predicted molar refractivity (Wildman–Crippen MR) is 96.5 cm³/mol. The van der Waals surface area contributed by atoms with Gasteiger partial charge in [0.25, 0.3) is 6.49 Å². The second-order valence-electron chi connectivity index (χ2n) is 6.18. The van der Waals surface area contributed by atoms with Crippen molar-refractivity contribution in [3.8, 4) is 0 Å². The number of aliphatic hydroxyl groups is 1. The molecule has 148 valence electrons. The van der Waals surface area contributed by atoms with Crippen LogP contribution in [0.3, 0.4) is 0 Å². The molecule has 0 unspecified atom stereocenters. The highest BCUT2D eigenvalue weighted by atomic mass is 32.5. The number of amides is 1. The fourth-order valence-corrected chi connectivity index (χ4v) is 4.23. The van der Waals surface area contributed by atoms with E-state index < -0.39 is 42.4 Å². The summed E-state index contributed by atoms with van der Waals surface area (Å²) < 4.78 is 44.6. The summed E-state index contributed by atoms with van der Waals surface area (Å²) in [6.07, 6.45) is -2.29. The van der Waals surface area contributed by atoms with Crippen molar-refractivity contribution in [2.45, 2.75) is 64.4 Å². The van der Waals surface area contributed by atoms with Crippen molar-refractivity contribution < 1.29 is 32.5 Å². The van der Waals surface area contributed by atoms with Gasteiger partial charge in [0.15, 0.2) is 0 Å². The van der Waals surface area contributed by atoms with E-state index in [-0.39, 0.29) is 13.2 Å². The average molecular weight is 403 g/mol. The summed E-state index contributed by atoms with van der Waals surface area (Å²) in [5.41, 5.74) is -4.39. The first-order chi connectivity index (χ1) is 11.3. The van der Waals surface area contributed by atoms with Gasteiger partial charge in [-0.2, -0.15) is 8.78 Å². The molecular weight excluding hydrogens is 375 g/mol. The molecule has 0 spiro atoms. The van der Waals surface area contributed by atoms with Gasteiger partial charge in [0.2, 0.25) is 0 Å². The number of carbonyl (C=O) groups is 1. The minimum atomic E-state index is -3.95. The van der Waals surface area contributed by atoms with E-state index >= 15 is 0 Å². The van der Waals surface area contributed by atoms with E-state index in [9.17, 15) is 18.7 Å². The van der Waals surface area contributed by atoms with Gasteiger partial charge in [-0.15, -0.1) is 6.58 Å². The number of alkyl halides is 2. The first kappa shape index (κ1) is 24.4. The van der Waals surface area contributed by atoms with Crippen LogP contribution >= 0.6 is 6.49 Å². The van der Waals surface area contributed by atoms with Crippen LogP contribution in [-0.2, 0) is 25.6 Å². The first-order valence-electron chi connectivity index (χ1n) is 7.89. The maximum Gasteiger partial charge on any atom is 0.407 e. The molecule has 0 fully saturated rings. The Balaban J connectivity index is 5.38. The van der Waals surface area contributed by atoms with E-state index in [0.717, 1.165) is 6.08 Å². The molecule has 6 nitrogen and oxygen atoms in total. The summed E-state index contributed by atoms with van der Waals surface area (Å²) in [6, 6.07) is -1.37. The van der Waals surface area contributed by atoms with Crippen LogP contribution in [-0.4, -0.2) is 47.8 Å². The molecule has 2 N–H and O–H groups in total. The van der Waals surface area contributed by atoms with Crippen LogP contribution in [0.25, 0.3) is 0 Å². The summed E-state index contributed by atoms with van der Waals surface area (Å²) in [7, 11) is 0. The van der Waals surface area contributed by atoms with Gasteiger partial charge in [-0.25, -0.2) is 4.79 Å². The number of rotatable bonds is 10. The molecule has 0 aliphatic carbocycles. The van der Waals surface area contributed by atoms with Crippen LogP contribution in [0.1, 0.15) is 41.0 Å². The topological polar surface area (TPSA) is 77.0 Å². The molecule has 0 aliphatic rings. The lowest BCUT2D eigenvalue weighted by Crippen LogP contribution is -2.47. The number of alkyl carbamates (subject to hydrolysis) is 1. The fraction of sp³-hybridized carbons (Fsp3) is 0.800. The molecule has 0 rings (SSSR count). The van der Waals surface area contributed by atoms with Crippen molar-refractivity contribution in [3.05, 3.63) is 12.7 Å². The third-order valence-electron chi connectivity index (χ3n) is 2.82. The molecule has 0 radical (unpaired) electrons. The predicted octanol–water partition coefficient (Wildman–Crippen LogP) is 3.79. The molecule has 10 heteroatoms. The molecule has 0 heterocycles. The van der Waals surface area contributed by atoms with Crippen LogP contribution in [0, 0.1) is 0 Å². The van der Waals surface area contributed by atoms with Crippen molar-refractivity contribution in [3.63, 3.8) is 0 Å². The molecular formula is C15H28F2NO5PS. The smallest absolute Gasteiger partial charge is 0.407 e. The van der Waals surface area contributed by atoms with Crippen LogP contribution in [0.15, 0.2) is 12.7 Å². The zero-order chi connectivity index (χ0) is 19.9. The number of halogens is 2. The van der Waals surface area contributed by atoms with Gasteiger partial charge in [0.05, 0.1) is 25.4 Å². The van der Waals surface area contributed by atoms with Crippen LogP contribution in [0.4, 0.5) is 13.6 Å². The molecule has 0 bridgehead atoms. The second-order valence-corrected chi connectivity index (χ2v) is 9.79. The quantitative estimate of drug-likeness (QED) is 0.427. The van der Waals surface area contributed by atoms with Gasteiger partial charge in [-0.05, 0) is 46.4 Å². The Bertz CT molecular complexity index is 489. The monoisotopic (exact) mass is 403 g/mol. The number of carbonyl (C=O) groups excluding carboxylic acids is 1. The number of hydrogen-bond donors (Lipinski definition) is 2. The Morgan fingerprint density at radius 2 is 1.80 bits per heavy atom. The molecule has 1 amide bonds. The zero-order valence-corrected chi connectivity index (χ0v) is 17.0. The normalized spacial score (nSPS) is 15.4. The largest absolute Gasteiger partial charge is 0.444 e. The Hall–Kier alpha value is -0.600. The minimum Gasteiger partial charge on any atom is -0.444 e. The third kappa shape index (κ3) is 8.09. The molecule has 0 aromatic carbocycles. The van der Waals surface area contributed by atoms with Crippen molar-refractivity contribution >= 4 is 24.4 Å². The van der Waals surface area contributed by atoms with Crippen LogP contribution in [0.2, 0.25) is 0 Å². The summed E-state index contributed by atoms with van der Waals surface area (Å²) in [4.78, 5) is 11.9. The Labute approximate surface area is 153 Å². The molecule has 0 aromatic heterocycles. The van der Waals surface area contributed by atoms with E-state index in [2.05, 4.69) is 11.9 Å². The third-order valence-corrected chi connectivity index (χ3v) is 6.43. The van der Waals surface area contributed by atoms with Crippen molar-refractivity contribution in [2.24, 2.45) is 0 Å². The molecule has 0 aromatic rings. The molecule has 2 atom stereocenters. The highest BCUT2D eigenvalue weighted by molar-refractivity contribution is 8.10. The summed E-state index contributed by atoms with van der Waals surface area (Å²) >= 11 is 4.94. The van der Waals surface area contributed by atoms with Crippen LogP contribution in [0.5, 0.6) is 0 Å². The Kier molecular flexibility index (Phi) is 9.68.